The first-order chi connectivity index (χ1) is 13.2. The van der Waals surface area contributed by atoms with Crippen molar-refractivity contribution in [1.82, 2.24) is 4.90 Å². The molecule has 1 aromatic rings. The second-order valence-corrected chi connectivity index (χ2v) is 8.40. The summed E-state index contributed by atoms with van der Waals surface area (Å²) in [6.07, 6.45) is 0.965. The van der Waals surface area contributed by atoms with Crippen molar-refractivity contribution in [2.24, 2.45) is 5.92 Å². The summed E-state index contributed by atoms with van der Waals surface area (Å²) in [5.74, 6) is 1.45. The zero-order valence-electron chi connectivity index (χ0n) is 18.3. The van der Waals surface area contributed by atoms with Crippen molar-refractivity contribution in [2.75, 3.05) is 40.0 Å². The molecule has 0 radical (unpaired) electrons. The lowest BCUT2D eigenvalue weighted by Gasteiger charge is -2.32. The van der Waals surface area contributed by atoms with Gasteiger partial charge in [-0.2, -0.15) is 0 Å². The Morgan fingerprint density at radius 2 is 1.93 bits per heavy atom. The van der Waals surface area contributed by atoms with Gasteiger partial charge < -0.3 is 24.2 Å². The highest BCUT2D eigenvalue weighted by Gasteiger charge is 2.27. The molecule has 0 spiro atoms. The van der Waals surface area contributed by atoms with Gasteiger partial charge in [-0.15, -0.1) is 12.4 Å². The molecule has 1 unspecified atom stereocenters. The maximum atomic E-state index is 11.8. The average Bonchev–Trinajstić information content (AvgIpc) is 2.66. The van der Waals surface area contributed by atoms with Gasteiger partial charge in [0.1, 0.15) is 24.2 Å². The van der Waals surface area contributed by atoms with E-state index < -0.39 is 6.10 Å². The van der Waals surface area contributed by atoms with Gasteiger partial charge in [0.25, 0.3) is 0 Å². The molecule has 166 valence electrons. The van der Waals surface area contributed by atoms with Crippen LogP contribution in [-0.2, 0) is 14.9 Å². The summed E-state index contributed by atoms with van der Waals surface area (Å²) >= 11 is 0. The molecule has 0 amide bonds. The Morgan fingerprint density at radius 3 is 2.48 bits per heavy atom. The Balaban J connectivity index is 0.00000420. The van der Waals surface area contributed by atoms with Crippen LogP contribution in [0.3, 0.4) is 0 Å². The molecule has 6 nitrogen and oxygen atoms in total. The SMILES string of the molecule is CCOC(=O)C1CCN(CC(O)COc2ccc(OC)cc2C(C)(C)C)CC1.Cl. The molecule has 0 aromatic heterocycles. The van der Waals surface area contributed by atoms with Crippen LogP contribution in [0.15, 0.2) is 18.2 Å². The molecule has 29 heavy (non-hydrogen) atoms. The minimum atomic E-state index is -0.589. The zero-order chi connectivity index (χ0) is 20.7. The van der Waals surface area contributed by atoms with Crippen molar-refractivity contribution in [1.29, 1.82) is 0 Å². The van der Waals surface area contributed by atoms with E-state index in [2.05, 4.69) is 25.7 Å². The van der Waals surface area contributed by atoms with Crippen LogP contribution < -0.4 is 9.47 Å². The number of piperidine rings is 1. The number of carbonyl (C=O) groups excluding carboxylic acids is 1. The van der Waals surface area contributed by atoms with Gasteiger partial charge in [-0.3, -0.25) is 4.79 Å². The number of β-amino-alcohol motifs (C(OH)–C–C–N with tert-alkyl or cyclic N) is 1. The minimum absolute atomic E-state index is 0. The molecule has 1 saturated heterocycles. The third-order valence-corrected chi connectivity index (χ3v) is 5.10. The van der Waals surface area contributed by atoms with Gasteiger partial charge >= 0.3 is 5.97 Å². The summed E-state index contributed by atoms with van der Waals surface area (Å²) in [6.45, 7) is 11.0. The van der Waals surface area contributed by atoms with E-state index in [4.69, 9.17) is 14.2 Å². The Labute approximate surface area is 180 Å². The van der Waals surface area contributed by atoms with Gasteiger partial charge in [-0.1, -0.05) is 20.8 Å². The quantitative estimate of drug-likeness (QED) is 0.638. The summed E-state index contributed by atoms with van der Waals surface area (Å²) in [5.41, 5.74) is 0.957. The fourth-order valence-electron chi connectivity index (χ4n) is 3.50. The van der Waals surface area contributed by atoms with E-state index in [1.807, 2.05) is 25.1 Å². The van der Waals surface area contributed by atoms with E-state index >= 15 is 0 Å². The van der Waals surface area contributed by atoms with Crippen LogP contribution in [0, 0.1) is 5.92 Å². The maximum absolute atomic E-state index is 11.8. The monoisotopic (exact) mass is 429 g/mol. The third-order valence-electron chi connectivity index (χ3n) is 5.10. The molecular weight excluding hydrogens is 394 g/mol. The highest BCUT2D eigenvalue weighted by atomic mass is 35.5. The van der Waals surface area contributed by atoms with E-state index in [-0.39, 0.29) is 36.3 Å². The van der Waals surface area contributed by atoms with Crippen LogP contribution in [0.2, 0.25) is 0 Å². The van der Waals surface area contributed by atoms with Crippen molar-refractivity contribution >= 4 is 18.4 Å². The first-order valence-electron chi connectivity index (χ1n) is 10.1. The first kappa shape index (κ1) is 25.5. The largest absolute Gasteiger partial charge is 0.497 e. The molecule has 1 fully saturated rings. The summed E-state index contributed by atoms with van der Waals surface area (Å²) in [6, 6.07) is 5.76. The highest BCUT2D eigenvalue weighted by molar-refractivity contribution is 5.85. The topological polar surface area (TPSA) is 68.2 Å². The highest BCUT2D eigenvalue weighted by Crippen LogP contribution is 2.34. The average molecular weight is 430 g/mol. The van der Waals surface area contributed by atoms with Crippen molar-refractivity contribution in [3.63, 3.8) is 0 Å². The number of ether oxygens (including phenoxy) is 3. The Morgan fingerprint density at radius 1 is 1.28 bits per heavy atom. The van der Waals surface area contributed by atoms with Crippen LogP contribution >= 0.6 is 12.4 Å². The number of rotatable bonds is 8. The summed E-state index contributed by atoms with van der Waals surface area (Å²) < 4.78 is 16.4. The first-order valence-corrected chi connectivity index (χ1v) is 10.1. The number of nitrogens with zero attached hydrogens (tertiary/aromatic N) is 1. The van der Waals surface area contributed by atoms with Crippen LogP contribution in [-0.4, -0.2) is 62.0 Å². The molecule has 1 aliphatic heterocycles. The van der Waals surface area contributed by atoms with E-state index in [1.165, 1.54) is 0 Å². The summed E-state index contributed by atoms with van der Waals surface area (Å²) in [4.78, 5) is 14.0. The molecule has 1 aliphatic rings. The summed E-state index contributed by atoms with van der Waals surface area (Å²) in [7, 11) is 1.65. The molecule has 1 aromatic carbocycles. The van der Waals surface area contributed by atoms with E-state index in [1.54, 1.807) is 7.11 Å². The van der Waals surface area contributed by atoms with Crippen LogP contribution in [0.5, 0.6) is 11.5 Å². The molecule has 1 atom stereocenters. The van der Waals surface area contributed by atoms with Gasteiger partial charge in [0.15, 0.2) is 0 Å². The molecular formula is C22H36ClNO5. The Hall–Kier alpha value is -1.50. The van der Waals surface area contributed by atoms with Crippen molar-refractivity contribution in [3.05, 3.63) is 23.8 Å². The predicted octanol–water partition coefficient (Wildman–Crippen LogP) is 3.43. The summed E-state index contributed by atoms with van der Waals surface area (Å²) in [5, 5.41) is 10.4. The van der Waals surface area contributed by atoms with E-state index in [0.717, 1.165) is 43.0 Å². The minimum Gasteiger partial charge on any atom is -0.497 e. The number of hydrogen-bond acceptors (Lipinski definition) is 6. The number of aliphatic hydroxyl groups is 1. The third kappa shape index (κ3) is 7.68. The molecule has 1 N–H and O–H groups in total. The van der Waals surface area contributed by atoms with Crippen molar-refractivity contribution < 1.29 is 24.1 Å². The van der Waals surface area contributed by atoms with Gasteiger partial charge in [-0.05, 0) is 56.5 Å². The number of methoxy groups -OCH3 is 1. The standard InChI is InChI=1S/C22H35NO5.ClH/c1-6-27-21(25)16-9-11-23(12-10-16)14-17(24)15-28-20-8-7-18(26-5)13-19(20)22(2,3)4;/h7-8,13,16-17,24H,6,9-12,14-15H2,1-5H3;1H. The molecule has 1 heterocycles. The van der Waals surface area contributed by atoms with Gasteiger partial charge in [-0.25, -0.2) is 0 Å². The number of hydrogen-bond donors (Lipinski definition) is 1. The van der Waals surface area contributed by atoms with Gasteiger partial charge in [0, 0.05) is 12.1 Å². The van der Waals surface area contributed by atoms with E-state index in [9.17, 15) is 9.90 Å². The molecule has 2 rings (SSSR count). The lowest BCUT2D eigenvalue weighted by atomic mass is 9.86. The zero-order valence-corrected chi connectivity index (χ0v) is 19.1. The Bertz CT molecular complexity index is 639. The number of benzene rings is 1. The second-order valence-electron chi connectivity index (χ2n) is 8.40. The van der Waals surface area contributed by atoms with Crippen molar-refractivity contribution in [2.45, 2.75) is 52.1 Å². The smallest absolute Gasteiger partial charge is 0.309 e. The van der Waals surface area contributed by atoms with Gasteiger partial charge in [0.05, 0.1) is 19.6 Å². The fourth-order valence-corrected chi connectivity index (χ4v) is 3.50. The number of carbonyl (C=O) groups is 1. The van der Waals surface area contributed by atoms with Crippen LogP contribution in [0.4, 0.5) is 0 Å². The second kappa shape index (κ2) is 11.6. The molecule has 0 bridgehead atoms. The van der Waals surface area contributed by atoms with Crippen molar-refractivity contribution in [3.8, 4) is 11.5 Å². The fraction of sp³-hybridized carbons (Fsp3) is 0.682. The lowest BCUT2D eigenvalue weighted by Crippen LogP contribution is -2.42. The number of halogens is 1. The predicted molar refractivity (Wildman–Crippen MR) is 116 cm³/mol. The van der Waals surface area contributed by atoms with E-state index in [0.29, 0.717) is 13.2 Å². The number of likely N-dealkylation sites (tertiary alicyclic amines) is 1. The van der Waals surface area contributed by atoms with Crippen LogP contribution in [0.1, 0.15) is 46.1 Å². The maximum Gasteiger partial charge on any atom is 0.309 e. The number of aliphatic hydroxyl groups excluding tert-OH is 1. The number of esters is 1. The van der Waals surface area contributed by atoms with Crippen LogP contribution in [0.25, 0.3) is 0 Å². The molecule has 7 heteroatoms. The van der Waals surface area contributed by atoms with Gasteiger partial charge in [0.2, 0.25) is 0 Å². The normalized spacial score (nSPS) is 16.6. The Kier molecular flexibility index (Phi) is 10.2. The lowest BCUT2D eigenvalue weighted by molar-refractivity contribution is -0.149. The molecule has 0 aliphatic carbocycles. The molecule has 0 saturated carbocycles.